The van der Waals surface area contributed by atoms with Crippen molar-refractivity contribution in [2.24, 2.45) is 5.92 Å². The molecule has 1 aromatic carbocycles. The van der Waals surface area contributed by atoms with Gasteiger partial charge in [-0.05, 0) is 49.4 Å². The number of hydrogen-bond donors (Lipinski definition) is 2. The third-order valence-corrected chi connectivity index (χ3v) is 4.66. The lowest BCUT2D eigenvalue weighted by molar-refractivity contribution is 0.197. The molecule has 1 fully saturated rings. The zero-order chi connectivity index (χ0) is 18.2. The summed E-state index contributed by atoms with van der Waals surface area (Å²) in [5.74, 6) is 2.03. The summed E-state index contributed by atoms with van der Waals surface area (Å²) in [6, 6.07) is 8.43. The van der Waals surface area contributed by atoms with E-state index in [-0.39, 0.29) is 0 Å². The number of aromatic nitrogens is 3. The molecule has 0 amide bonds. The zero-order valence-corrected chi connectivity index (χ0v) is 15.6. The predicted molar refractivity (Wildman–Crippen MR) is 105 cm³/mol. The SMILES string of the molecule is COCCCNc1cnnc(Nc2ccc(N3CCC(C)CC3)cc2)n1. The smallest absolute Gasteiger partial charge is 0.249 e. The third kappa shape index (κ3) is 5.29. The Labute approximate surface area is 155 Å². The summed E-state index contributed by atoms with van der Waals surface area (Å²) in [7, 11) is 1.70. The number of anilines is 4. The Morgan fingerprint density at radius 2 is 1.96 bits per heavy atom. The van der Waals surface area contributed by atoms with Crippen LogP contribution >= 0.6 is 0 Å². The molecule has 26 heavy (non-hydrogen) atoms. The molecule has 140 valence electrons. The van der Waals surface area contributed by atoms with E-state index in [1.165, 1.54) is 18.5 Å². The summed E-state index contributed by atoms with van der Waals surface area (Å²) >= 11 is 0. The first-order valence-electron chi connectivity index (χ1n) is 9.29. The molecule has 2 aromatic rings. The zero-order valence-electron chi connectivity index (χ0n) is 15.6. The molecule has 0 atom stereocenters. The fraction of sp³-hybridized carbons (Fsp3) is 0.526. The maximum absolute atomic E-state index is 5.04. The molecule has 1 aliphatic heterocycles. The summed E-state index contributed by atoms with van der Waals surface area (Å²) in [6.07, 6.45) is 5.08. The van der Waals surface area contributed by atoms with Gasteiger partial charge in [0.05, 0.1) is 6.20 Å². The van der Waals surface area contributed by atoms with Crippen molar-refractivity contribution in [2.45, 2.75) is 26.2 Å². The Morgan fingerprint density at radius 3 is 2.69 bits per heavy atom. The standard InChI is InChI=1S/C19H28N6O/c1-15-8-11-25(12-9-15)17-6-4-16(5-7-17)22-19-23-18(14-21-24-19)20-10-3-13-26-2/h4-7,14-15H,3,8-13H2,1-2H3,(H2,20,22,23,24). The average molecular weight is 356 g/mol. The molecule has 1 saturated heterocycles. The number of rotatable bonds is 8. The largest absolute Gasteiger partial charge is 0.385 e. The van der Waals surface area contributed by atoms with Gasteiger partial charge in [-0.25, -0.2) is 0 Å². The number of nitrogens with one attached hydrogen (secondary N) is 2. The van der Waals surface area contributed by atoms with Crippen molar-refractivity contribution in [3.8, 4) is 0 Å². The van der Waals surface area contributed by atoms with Crippen LogP contribution in [-0.2, 0) is 4.74 Å². The maximum Gasteiger partial charge on any atom is 0.249 e. The molecule has 0 aliphatic carbocycles. The van der Waals surface area contributed by atoms with E-state index in [0.29, 0.717) is 11.8 Å². The molecule has 1 aliphatic rings. The molecule has 0 unspecified atom stereocenters. The summed E-state index contributed by atoms with van der Waals surface area (Å²) in [5, 5.41) is 14.5. The Kier molecular flexibility index (Phi) is 6.60. The van der Waals surface area contributed by atoms with Crippen LogP contribution in [0, 0.1) is 5.92 Å². The van der Waals surface area contributed by atoms with E-state index in [2.05, 4.69) is 61.9 Å². The van der Waals surface area contributed by atoms with Gasteiger partial charge in [0.1, 0.15) is 0 Å². The van der Waals surface area contributed by atoms with Crippen LogP contribution in [0.5, 0.6) is 0 Å². The molecule has 0 spiro atoms. The van der Waals surface area contributed by atoms with Crippen molar-refractivity contribution in [1.29, 1.82) is 0 Å². The van der Waals surface area contributed by atoms with Crippen molar-refractivity contribution in [1.82, 2.24) is 15.2 Å². The first-order valence-corrected chi connectivity index (χ1v) is 9.29. The van der Waals surface area contributed by atoms with Gasteiger partial charge in [0.15, 0.2) is 5.82 Å². The Morgan fingerprint density at radius 1 is 1.19 bits per heavy atom. The van der Waals surface area contributed by atoms with Gasteiger partial charge in [-0.3, -0.25) is 0 Å². The third-order valence-electron chi connectivity index (χ3n) is 4.66. The lowest BCUT2D eigenvalue weighted by Gasteiger charge is -2.32. The molecule has 0 radical (unpaired) electrons. The van der Waals surface area contributed by atoms with E-state index in [4.69, 9.17) is 4.74 Å². The second kappa shape index (κ2) is 9.33. The molecular formula is C19H28N6O. The van der Waals surface area contributed by atoms with Crippen LogP contribution in [0.15, 0.2) is 30.5 Å². The van der Waals surface area contributed by atoms with Crippen LogP contribution in [0.4, 0.5) is 23.1 Å². The highest BCUT2D eigenvalue weighted by Gasteiger charge is 2.15. The molecule has 2 heterocycles. The minimum Gasteiger partial charge on any atom is -0.385 e. The van der Waals surface area contributed by atoms with Crippen molar-refractivity contribution >= 4 is 23.1 Å². The molecule has 7 nitrogen and oxygen atoms in total. The van der Waals surface area contributed by atoms with E-state index in [9.17, 15) is 0 Å². The van der Waals surface area contributed by atoms with Gasteiger partial charge in [0.2, 0.25) is 5.95 Å². The predicted octanol–water partition coefficient (Wildman–Crippen LogP) is 3.30. The summed E-state index contributed by atoms with van der Waals surface area (Å²) in [6.45, 7) is 6.11. The van der Waals surface area contributed by atoms with Gasteiger partial charge in [0.25, 0.3) is 0 Å². The Hall–Kier alpha value is -2.41. The van der Waals surface area contributed by atoms with Crippen molar-refractivity contribution < 1.29 is 4.74 Å². The molecule has 0 bridgehead atoms. The van der Waals surface area contributed by atoms with Crippen LogP contribution < -0.4 is 15.5 Å². The number of nitrogens with zero attached hydrogens (tertiary/aromatic N) is 4. The highest BCUT2D eigenvalue weighted by Crippen LogP contribution is 2.25. The van der Waals surface area contributed by atoms with Gasteiger partial charge in [-0.1, -0.05) is 6.92 Å². The minimum atomic E-state index is 0.487. The minimum absolute atomic E-state index is 0.487. The van der Waals surface area contributed by atoms with Crippen LogP contribution in [-0.4, -0.2) is 48.5 Å². The highest BCUT2D eigenvalue weighted by molar-refractivity contribution is 5.59. The van der Waals surface area contributed by atoms with Crippen LogP contribution in [0.2, 0.25) is 0 Å². The van der Waals surface area contributed by atoms with Crippen molar-refractivity contribution in [3.05, 3.63) is 30.5 Å². The average Bonchev–Trinajstić information content (AvgIpc) is 2.67. The molecule has 2 N–H and O–H groups in total. The normalized spacial score (nSPS) is 15.1. The fourth-order valence-electron chi connectivity index (χ4n) is 3.03. The lowest BCUT2D eigenvalue weighted by Crippen LogP contribution is -2.32. The van der Waals surface area contributed by atoms with Gasteiger partial charge in [0, 0.05) is 44.7 Å². The monoisotopic (exact) mass is 356 g/mol. The molecule has 3 rings (SSSR count). The van der Waals surface area contributed by atoms with Crippen molar-refractivity contribution in [3.63, 3.8) is 0 Å². The molecule has 1 aromatic heterocycles. The van der Waals surface area contributed by atoms with Gasteiger partial charge >= 0.3 is 0 Å². The fourth-order valence-corrected chi connectivity index (χ4v) is 3.03. The highest BCUT2D eigenvalue weighted by atomic mass is 16.5. The van der Waals surface area contributed by atoms with Gasteiger partial charge in [-0.15, -0.1) is 5.10 Å². The maximum atomic E-state index is 5.04. The summed E-state index contributed by atoms with van der Waals surface area (Å²) < 4.78 is 5.04. The molecule has 0 saturated carbocycles. The summed E-state index contributed by atoms with van der Waals surface area (Å²) in [5.41, 5.74) is 2.23. The van der Waals surface area contributed by atoms with Crippen molar-refractivity contribution in [2.75, 3.05) is 48.9 Å². The van der Waals surface area contributed by atoms with Crippen LogP contribution in [0.25, 0.3) is 0 Å². The first-order chi connectivity index (χ1) is 12.7. The number of hydrogen-bond acceptors (Lipinski definition) is 7. The summed E-state index contributed by atoms with van der Waals surface area (Å²) in [4.78, 5) is 6.89. The molecule has 7 heteroatoms. The molecular weight excluding hydrogens is 328 g/mol. The van der Waals surface area contributed by atoms with E-state index in [1.807, 2.05) is 0 Å². The number of benzene rings is 1. The number of piperidine rings is 1. The van der Waals surface area contributed by atoms with Crippen LogP contribution in [0.3, 0.4) is 0 Å². The van der Waals surface area contributed by atoms with Crippen LogP contribution in [0.1, 0.15) is 26.2 Å². The van der Waals surface area contributed by atoms with E-state index < -0.39 is 0 Å². The van der Waals surface area contributed by atoms with Gasteiger partial charge in [-0.2, -0.15) is 10.1 Å². The topological polar surface area (TPSA) is 75.2 Å². The van der Waals surface area contributed by atoms with E-state index in [0.717, 1.165) is 44.3 Å². The lowest BCUT2D eigenvalue weighted by atomic mass is 9.99. The van der Waals surface area contributed by atoms with Gasteiger partial charge < -0.3 is 20.3 Å². The second-order valence-corrected chi connectivity index (χ2v) is 6.78. The van der Waals surface area contributed by atoms with E-state index >= 15 is 0 Å². The van der Waals surface area contributed by atoms with E-state index in [1.54, 1.807) is 13.3 Å². The number of ether oxygens (including phenoxy) is 1. The quantitative estimate of drug-likeness (QED) is 0.703. The Bertz CT molecular complexity index is 670. The second-order valence-electron chi connectivity index (χ2n) is 6.78. The Balaban J connectivity index is 1.55. The number of methoxy groups -OCH3 is 1. The first kappa shape index (κ1) is 18.4.